The molecule has 1 amide bonds. The van der Waals surface area contributed by atoms with Gasteiger partial charge in [-0.1, -0.05) is 12.1 Å². The summed E-state index contributed by atoms with van der Waals surface area (Å²) >= 11 is 1.48. The Morgan fingerprint density at radius 2 is 2.12 bits per heavy atom. The number of carbonyl (C=O) groups excluding carboxylic acids is 1. The Morgan fingerprint density at radius 3 is 2.84 bits per heavy atom. The molecule has 4 nitrogen and oxygen atoms in total. The fourth-order valence-corrected chi connectivity index (χ4v) is 3.83. The van der Waals surface area contributed by atoms with Gasteiger partial charge in [0.05, 0.1) is 17.7 Å². The van der Waals surface area contributed by atoms with E-state index in [9.17, 15) is 9.18 Å². The SMILES string of the molecule is C[C@@H](Oc1ccc(C#N)cc1)C(=O)N[C@@H]1CCSc2c(F)cccc21. The van der Waals surface area contributed by atoms with Crippen molar-refractivity contribution >= 4 is 17.7 Å². The quantitative estimate of drug-likeness (QED) is 0.905. The normalized spacial score (nSPS) is 17.1. The highest BCUT2D eigenvalue weighted by molar-refractivity contribution is 7.99. The van der Waals surface area contributed by atoms with Crippen molar-refractivity contribution in [2.45, 2.75) is 30.4 Å². The summed E-state index contributed by atoms with van der Waals surface area (Å²) in [5.74, 6) is 0.774. The van der Waals surface area contributed by atoms with Crippen LogP contribution in [-0.4, -0.2) is 17.8 Å². The van der Waals surface area contributed by atoms with Crippen LogP contribution in [0.4, 0.5) is 4.39 Å². The van der Waals surface area contributed by atoms with Crippen molar-refractivity contribution in [3.8, 4) is 11.8 Å². The van der Waals surface area contributed by atoms with Gasteiger partial charge in [0.15, 0.2) is 6.10 Å². The monoisotopic (exact) mass is 356 g/mol. The Kier molecular flexibility index (Phi) is 5.25. The average molecular weight is 356 g/mol. The van der Waals surface area contributed by atoms with E-state index in [1.807, 2.05) is 12.1 Å². The third-order valence-corrected chi connectivity index (χ3v) is 5.17. The van der Waals surface area contributed by atoms with Crippen LogP contribution in [0.3, 0.4) is 0 Å². The number of ether oxygens (including phenoxy) is 1. The standard InChI is InChI=1S/C19H17FN2O2S/c1-12(24-14-7-5-13(11-21)6-8-14)19(23)22-17-9-10-25-18-15(17)3-2-4-16(18)20/h2-8,12,17H,9-10H2,1H3,(H,22,23)/t12-,17-/m1/s1. The fraction of sp³-hybridized carbons (Fsp3) is 0.263. The van der Waals surface area contributed by atoms with Crippen LogP contribution in [0.5, 0.6) is 5.75 Å². The predicted octanol–water partition coefficient (Wildman–Crippen LogP) is 3.82. The molecule has 1 aliphatic heterocycles. The fourth-order valence-electron chi connectivity index (χ4n) is 2.69. The molecule has 2 atom stereocenters. The third kappa shape index (κ3) is 3.94. The summed E-state index contributed by atoms with van der Waals surface area (Å²) in [4.78, 5) is 13.1. The average Bonchev–Trinajstić information content (AvgIpc) is 2.63. The number of amides is 1. The number of hydrogen-bond donors (Lipinski definition) is 1. The molecule has 0 aliphatic carbocycles. The van der Waals surface area contributed by atoms with Crippen molar-refractivity contribution in [3.63, 3.8) is 0 Å². The van der Waals surface area contributed by atoms with Crippen LogP contribution in [0.25, 0.3) is 0 Å². The number of nitrogens with zero attached hydrogens (tertiary/aromatic N) is 1. The molecule has 1 heterocycles. The predicted molar refractivity (Wildman–Crippen MR) is 93.9 cm³/mol. The summed E-state index contributed by atoms with van der Waals surface area (Å²) in [5, 5.41) is 11.7. The maximum absolute atomic E-state index is 13.9. The van der Waals surface area contributed by atoms with Crippen LogP contribution in [0.15, 0.2) is 47.4 Å². The Bertz CT molecular complexity index is 817. The summed E-state index contributed by atoms with van der Waals surface area (Å²) < 4.78 is 19.5. The molecule has 0 saturated carbocycles. The zero-order valence-corrected chi connectivity index (χ0v) is 14.5. The van der Waals surface area contributed by atoms with Crippen molar-refractivity contribution in [2.75, 3.05) is 5.75 Å². The Hall–Kier alpha value is -2.52. The van der Waals surface area contributed by atoms with E-state index >= 15 is 0 Å². The number of rotatable bonds is 4. The van der Waals surface area contributed by atoms with Crippen molar-refractivity contribution < 1.29 is 13.9 Å². The second-order valence-corrected chi connectivity index (χ2v) is 6.86. The van der Waals surface area contributed by atoms with E-state index in [0.717, 1.165) is 17.7 Å². The number of nitriles is 1. The Balaban J connectivity index is 1.66. The summed E-state index contributed by atoms with van der Waals surface area (Å²) in [6.45, 7) is 1.66. The molecule has 0 fully saturated rings. The van der Waals surface area contributed by atoms with Gasteiger partial charge in [0.25, 0.3) is 5.91 Å². The molecule has 0 bridgehead atoms. The van der Waals surface area contributed by atoms with Crippen molar-refractivity contribution in [3.05, 3.63) is 59.4 Å². The van der Waals surface area contributed by atoms with Gasteiger partial charge >= 0.3 is 0 Å². The molecule has 0 unspecified atom stereocenters. The lowest BCUT2D eigenvalue weighted by Crippen LogP contribution is -2.39. The molecule has 0 radical (unpaired) electrons. The van der Waals surface area contributed by atoms with Gasteiger partial charge in [0.2, 0.25) is 0 Å². The minimum Gasteiger partial charge on any atom is -0.481 e. The van der Waals surface area contributed by atoms with Gasteiger partial charge in [0, 0.05) is 10.6 Å². The van der Waals surface area contributed by atoms with Gasteiger partial charge < -0.3 is 10.1 Å². The van der Waals surface area contributed by atoms with Crippen LogP contribution >= 0.6 is 11.8 Å². The molecule has 0 spiro atoms. The zero-order valence-electron chi connectivity index (χ0n) is 13.7. The highest BCUT2D eigenvalue weighted by Gasteiger charge is 2.26. The zero-order chi connectivity index (χ0) is 17.8. The maximum atomic E-state index is 13.9. The minimum absolute atomic E-state index is 0.216. The first kappa shape index (κ1) is 17.3. The van der Waals surface area contributed by atoms with Crippen molar-refractivity contribution in [1.29, 1.82) is 5.26 Å². The Labute approximate surface area is 150 Å². The molecular formula is C19H17FN2O2S. The number of fused-ring (bicyclic) bond motifs is 1. The lowest BCUT2D eigenvalue weighted by Gasteiger charge is -2.27. The number of carbonyl (C=O) groups is 1. The number of halogens is 1. The maximum Gasteiger partial charge on any atom is 0.261 e. The summed E-state index contributed by atoms with van der Waals surface area (Å²) in [5.41, 5.74) is 1.35. The number of thioether (sulfide) groups is 1. The lowest BCUT2D eigenvalue weighted by molar-refractivity contribution is -0.128. The van der Waals surface area contributed by atoms with Gasteiger partial charge in [-0.05, 0) is 49.2 Å². The summed E-state index contributed by atoms with van der Waals surface area (Å²) in [7, 11) is 0. The van der Waals surface area contributed by atoms with E-state index in [2.05, 4.69) is 5.32 Å². The van der Waals surface area contributed by atoms with Gasteiger partial charge in [-0.15, -0.1) is 11.8 Å². The van der Waals surface area contributed by atoms with Crippen LogP contribution < -0.4 is 10.1 Å². The van der Waals surface area contributed by atoms with E-state index in [-0.39, 0.29) is 17.8 Å². The van der Waals surface area contributed by atoms with Gasteiger partial charge in [-0.2, -0.15) is 5.26 Å². The highest BCUT2D eigenvalue weighted by Crippen LogP contribution is 2.37. The molecule has 0 saturated heterocycles. The molecule has 25 heavy (non-hydrogen) atoms. The van der Waals surface area contributed by atoms with Crippen molar-refractivity contribution in [2.24, 2.45) is 0 Å². The Morgan fingerprint density at radius 1 is 1.36 bits per heavy atom. The molecule has 128 valence electrons. The number of nitrogens with one attached hydrogen (secondary N) is 1. The first-order valence-corrected chi connectivity index (χ1v) is 8.95. The second kappa shape index (κ2) is 7.58. The van der Waals surface area contributed by atoms with Crippen LogP contribution in [0.1, 0.15) is 30.5 Å². The summed E-state index contributed by atoms with van der Waals surface area (Å²) in [6.07, 6.45) is 0.0516. The summed E-state index contributed by atoms with van der Waals surface area (Å²) in [6, 6.07) is 13.3. The van der Waals surface area contributed by atoms with E-state index in [4.69, 9.17) is 10.00 Å². The molecule has 1 N–H and O–H groups in total. The van der Waals surface area contributed by atoms with Gasteiger partial charge in [0.1, 0.15) is 11.6 Å². The lowest BCUT2D eigenvalue weighted by atomic mass is 10.0. The molecule has 0 aromatic heterocycles. The molecule has 2 aromatic rings. The van der Waals surface area contributed by atoms with E-state index in [1.54, 1.807) is 37.3 Å². The van der Waals surface area contributed by atoms with Gasteiger partial charge in [-0.25, -0.2) is 4.39 Å². The number of hydrogen-bond acceptors (Lipinski definition) is 4. The topological polar surface area (TPSA) is 62.1 Å². The molecule has 6 heteroatoms. The third-order valence-electron chi connectivity index (χ3n) is 4.01. The molecular weight excluding hydrogens is 339 g/mol. The van der Waals surface area contributed by atoms with Gasteiger partial charge in [-0.3, -0.25) is 4.79 Å². The molecule has 3 rings (SSSR count). The van der Waals surface area contributed by atoms with E-state index < -0.39 is 6.10 Å². The van der Waals surface area contributed by atoms with Crippen LogP contribution in [0, 0.1) is 17.1 Å². The minimum atomic E-state index is -0.695. The smallest absolute Gasteiger partial charge is 0.261 e. The van der Waals surface area contributed by atoms with Crippen LogP contribution in [0.2, 0.25) is 0 Å². The van der Waals surface area contributed by atoms with Crippen LogP contribution in [-0.2, 0) is 4.79 Å². The first-order valence-electron chi connectivity index (χ1n) is 7.97. The highest BCUT2D eigenvalue weighted by atomic mass is 32.2. The molecule has 2 aromatic carbocycles. The van der Waals surface area contributed by atoms with E-state index in [1.165, 1.54) is 17.8 Å². The van der Waals surface area contributed by atoms with E-state index in [0.29, 0.717) is 16.2 Å². The molecule has 1 aliphatic rings. The van der Waals surface area contributed by atoms with Crippen molar-refractivity contribution in [1.82, 2.24) is 5.32 Å². The second-order valence-electron chi connectivity index (χ2n) is 5.75. The largest absolute Gasteiger partial charge is 0.481 e. The number of benzene rings is 2. The first-order chi connectivity index (χ1) is 12.1.